The van der Waals surface area contributed by atoms with Crippen LogP contribution in [0, 0.1) is 17.2 Å². The largest absolute Gasteiger partial charge is 0.417 e. The van der Waals surface area contributed by atoms with Crippen LogP contribution in [0.3, 0.4) is 0 Å². The number of hydrogen-bond donors (Lipinski definition) is 3. The zero-order valence-electron chi connectivity index (χ0n) is 18.5. The lowest BCUT2D eigenvalue weighted by Gasteiger charge is -2.29. The van der Waals surface area contributed by atoms with Crippen LogP contribution >= 0.6 is 0 Å². The Hall–Kier alpha value is -3.68. The van der Waals surface area contributed by atoms with Crippen molar-refractivity contribution < 1.29 is 18.0 Å². The number of anilines is 1. The molecule has 178 valence electrons. The standard InChI is InChI=1S/C23H24F3N7O/c1-2-19(34)32-16-5-3-13(4-6-16)9-30-22-31-10-14(8-27)20(33-22)18-12-29-21-17(18)7-15(11-28-21)23(24,25)26/h7,10-13,16H,2-6,9H2,1H3,(H,28,29)(H,32,34)(H,30,31,33)/t13-,16-. The van der Waals surface area contributed by atoms with Crippen LogP contribution in [-0.2, 0) is 11.0 Å². The normalized spacial score (nSPS) is 18.4. The third-order valence-electron chi connectivity index (χ3n) is 6.10. The van der Waals surface area contributed by atoms with Crippen molar-refractivity contribution in [3.63, 3.8) is 0 Å². The van der Waals surface area contributed by atoms with E-state index in [-0.39, 0.29) is 34.2 Å². The Morgan fingerprint density at radius 2 is 2.00 bits per heavy atom. The van der Waals surface area contributed by atoms with Crippen LogP contribution in [-0.4, -0.2) is 38.4 Å². The van der Waals surface area contributed by atoms with Crippen molar-refractivity contribution >= 4 is 22.9 Å². The molecule has 0 bridgehead atoms. The number of halogens is 3. The van der Waals surface area contributed by atoms with Crippen molar-refractivity contribution in [3.8, 4) is 17.3 Å². The fraction of sp³-hybridized carbons (Fsp3) is 0.435. The third-order valence-corrected chi connectivity index (χ3v) is 6.10. The second kappa shape index (κ2) is 9.67. The molecule has 1 saturated carbocycles. The number of hydrogen-bond acceptors (Lipinski definition) is 6. The highest BCUT2D eigenvalue weighted by Crippen LogP contribution is 2.34. The van der Waals surface area contributed by atoms with Gasteiger partial charge in [0.05, 0.1) is 23.0 Å². The molecule has 1 amide bonds. The van der Waals surface area contributed by atoms with Gasteiger partial charge >= 0.3 is 6.18 Å². The number of H-pyrrole nitrogens is 1. The Balaban J connectivity index is 1.50. The molecule has 0 saturated heterocycles. The Bertz CT molecular complexity index is 1220. The maximum atomic E-state index is 13.2. The molecule has 11 heteroatoms. The van der Waals surface area contributed by atoms with Crippen LogP contribution < -0.4 is 10.6 Å². The van der Waals surface area contributed by atoms with E-state index in [0.717, 1.165) is 37.9 Å². The number of nitrogens with zero attached hydrogens (tertiary/aromatic N) is 4. The van der Waals surface area contributed by atoms with Crippen LogP contribution in [0.25, 0.3) is 22.3 Å². The van der Waals surface area contributed by atoms with Gasteiger partial charge in [0.2, 0.25) is 11.9 Å². The van der Waals surface area contributed by atoms with E-state index in [4.69, 9.17) is 0 Å². The maximum Gasteiger partial charge on any atom is 0.417 e. The monoisotopic (exact) mass is 471 g/mol. The van der Waals surface area contributed by atoms with Gasteiger partial charge in [0.15, 0.2) is 0 Å². The van der Waals surface area contributed by atoms with Gasteiger partial charge in [-0.3, -0.25) is 4.79 Å². The highest BCUT2D eigenvalue weighted by molar-refractivity contribution is 5.94. The molecule has 0 aliphatic heterocycles. The molecule has 8 nitrogen and oxygen atoms in total. The van der Waals surface area contributed by atoms with Gasteiger partial charge in [-0.2, -0.15) is 18.4 Å². The van der Waals surface area contributed by atoms with E-state index in [0.29, 0.717) is 30.4 Å². The first-order valence-electron chi connectivity index (χ1n) is 11.1. The third kappa shape index (κ3) is 5.11. The molecule has 3 N–H and O–H groups in total. The lowest BCUT2D eigenvalue weighted by molar-refractivity contribution is -0.137. The van der Waals surface area contributed by atoms with Gasteiger partial charge in [-0.25, -0.2) is 15.0 Å². The van der Waals surface area contributed by atoms with Crippen molar-refractivity contribution in [1.29, 1.82) is 5.26 Å². The molecule has 3 aromatic rings. The van der Waals surface area contributed by atoms with E-state index in [9.17, 15) is 23.2 Å². The van der Waals surface area contributed by atoms with E-state index in [1.54, 1.807) is 0 Å². The highest BCUT2D eigenvalue weighted by Gasteiger charge is 2.32. The van der Waals surface area contributed by atoms with Crippen molar-refractivity contribution in [2.24, 2.45) is 5.92 Å². The lowest BCUT2D eigenvalue weighted by atomic mass is 9.86. The Morgan fingerprint density at radius 3 is 2.68 bits per heavy atom. The zero-order valence-corrected chi connectivity index (χ0v) is 18.5. The zero-order chi connectivity index (χ0) is 24.3. The topological polar surface area (TPSA) is 119 Å². The van der Waals surface area contributed by atoms with Gasteiger partial charge in [-0.1, -0.05) is 6.92 Å². The number of nitriles is 1. The van der Waals surface area contributed by atoms with E-state index < -0.39 is 11.7 Å². The van der Waals surface area contributed by atoms with Crippen LogP contribution in [0.4, 0.5) is 19.1 Å². The Labute approximate surface area is 194 Å². The predicted molar refractivity (Wildman–Crippen MR) is 120 cm³/mol. The number of amides is 1. The van der Waals surface area contributed by atoms with Gasteiger partial charge in [-0.15, -0.1) is 0 Å². The molecule has 0 spiro atoms. The summed E-state index contributed by atoms with van der Waals surface area (Å²) in [7, 11) is 0. The molecule has 1 aliphatic carbocycles. The maximum absolute atomic E-state index is 13.2. The van der Waals surface area contributed by atoms with Crippen LogP contribution in [0.1, 0.15) is 50.2 Å². The summed E-state index contributed by atoms with van der Waals surface area (Å²) in [6.07, 6.45) is 3.26. The molecule has 1 fully saturated rings. The van der Waals surface area contributed by atoms with Crippen LogP contribution in [0.2, 0.25) is 0 Å². The van der Waals surface area contributed by atoms with Gasteiger partial charge < -0.3 is 15.6 Å². The molecule has 4 rings (SSSR count). The number of carbonyl (C=O) groups excluding carboxylic acids is 1. The predicted octanol–water partition coefficient (Wildman–Crippen LogP) is 4.41. The van der Waals surface area contributed by atoms with Crippen molar-refractivity contribution in [3.05, 3.63) is 35.8 Å². The van der Waals surface area contributed by atoms with Gasteiger partial charge in [0, 0.05) is 42.4 Å². The molecule has 0 atom stereocenters. The Kier molecular flexibility index (Phi) is 6.68. The fourth-order valence-electron chi connectivity index (χ4n) is 4.18. The van der Waals surface area contributed by atoms with Crippen LogP contribution in [0.5, 0.6) is 0 Å². The number of alkyl halides is 3. The summed E-state index contributed by atoms with van der Waals surface area (Å²) in [6.45, 7) is 2.45. The first-order valence-corrected chi connectivity index (χ1v) is 11.1. The quantitative estimate of drug-likeness (QED) is 0.490. The highest BCUT2D eigenvalue weighted by atomic mass is 19.4. The summed E-state index contributed by atoms with van der Waals surface area (Å²) >= 11 is 0. The summed E-state index contributed by atoms with van der Waals surface area (Å²) in [6, 6.07) is 3.21. The van der Waals surface area contributed by atoms with E-state index >= 15 is 0 Å². The van der Waals surface area contributed by atoms with Crippen LogP contribution in [0.15, 0.2) is 24.7 Å². The van der Waals surface area contributed by atoms with Gasteiger partial charge in [0.1, 0.15) is 11.7 Å². The number of aromatic nitrogens is 4. The minimum Gasteiger partial charge on any atom is -0.354 e. The second-order valence-electron chi connectivity index (χ2n) is 8.41. The van der Waals surface area contributed by atoms with Gasteiger partial charge in [-0.05, 0) is 37.7 Å². The summed E-state index contributed by atoms with van der Waals surface area (Å²) in [5.41, 5.74) is 0.126. The SMILES string of the molecule is CCC(=O)N[C@H]1CC[C@H](CNc2ncc(C#N)c(-c3c[nH]c4ncc(C(F)(F)F)cc34)n2)CC1. The first kappa shape index (κ1) is 23.5. The molecule has 0 unspecified atom stereocenters. The average Bonchev–Trinajstić information content (AvgIpc) is 3.26. The molecule has 3 heterocycles. The summed E-state index contributed by atoms with van der Waals surface area (Å²) in [5.74, 6) is 0.740. The van der Waals surface area contributed by atoms with Crippen molar-refractivity contribution in [2.75, 3.05) is 11.9 Å². The molecule has 0 radical (unpaired) electrons. The minimum atomic E-state index is -4.54. The van der Waals surface area contributed by atoms with E-state index in [2.05, 4.69) is 30.6 Å². The smallest absolute Gasteiger partial charge is 0.354 e. The van der Waals surface area contributed by atoms with E-state index in [1.807, 2.05) is 13.0 Å². The first-order chi connectivity index (χ1) is 16.3. The summed E-state index contributed by atoms with van der Waals surface area (Å²) < 4.78 is 39.6. The molecule has 1 aliphatic rings. The lowest BCUT2D eigenvalue weighted by Crippen LogP contribution is -2.38. The number of aromatic amines is 1. The van der Waals surface area contributed by atoms with Crippen molar-refractivity contribution in [1.82, 2.24) is 25.3 Å². The molecule has 0 aromatic carbocycles. The molecule has 3 aromatic heterocycles. The number of rotatable bonds is 6. The molecule has 34 heavy (non-hydrogen) atoms. The number of pyridine rings is 1. The average molecular weight is 471 g/mol. The van der Waals surface area contributed by atoms with Crippen molar-refractivity contribution in [2.45, 2.75) is 51.2 Å². The number of nitrogens with one attached hydrogen (secondary N) is 3. The number of fused-ring (bicyclic) bond motifs is 1. The fourth-order valence-corrected chi connectivity index (χ4v) is 4.18. The molecular weight excluding hydrogens is 447 g/mol. The number of carbonyl (C=O) groups is 1. The van der Waals surface area contributed by atoms with E-state index in [1.165, 1.54) is 12.4 Å². The second-order valence-corrected chi connectivity index (χ2v) is 8.41. The summed E-state index contributed by atoms with van der Waals surface area (Å²) in [5, 5.41) is 16.0. The molecular formula is C23H24F3N7O. The Morgan fingerprint density at radius 1 is 1.24 bits per heavy atom. The minimum absolute atomic E-state index is 0.0647. The summed E-state index contributed by atoms with van der Waals surface area (Å²) in [4.78, 5) is 26.9. The van der Waals surface area contributed by atoms with Gasteiger partial charge in [0.25, 0.3) is 0 Å².